The molecule has 0 bridgehead atoms. The van der Waals surface area contributed by atoms with Crippen molar-refractivity contribution in [3.63, 3.8) is 0 Å². The largest absolute Gasteiger partial charge is 0.381 e. The van der Waals surface area contributed by atoms with Gasteiger partial charge in [-0.2, -0.15) is 0 Å². The van der Waals surface area contributed by atoms with Crippen LogP contribution in [0, 0.1) is 0 Å². The molecule has 2 aromatic carbocycles. The van der Waals surface area contributed by atoms with Gasteiger partial charge in [0.2, 0.25) is 0 Å². The summed E-state index contributed by atoms with van der Waals surface area (Å²) in [4.78, 5) is 4.35. The van der Waals surface area contributed by atoms with E-state index in [1.54, 1.807) is 13.1 Å². The molecule has 0 saturated carbocycles. The summed E-state index contributed by atoms with van der Waals surface area (Å²) in [6.07, 6.45) is 1.76. The third-order valence-electron chi connectivity index (χ3n) is 3.55. The fourth-order valence-corrected chi connectivity index (χ4v) is 2.73. The number of hydrogen-bond acceptors (Lipinski definition) is 2. The van der Waals surface area contributed by atoms with Gasteiger partial charge in [-0.25, -0.2) is 0 Å². The van der Waals surface area contributed by atoms with Gasteiger partial charge in [0.15, 0.2) is 0 Å². The van der Waals surface area contributed by atoms with Gasteiger partial charge >= 0.3 is 0 Å². The molecule has 1 aromatic heterocycles. The molecule has 1 heterocycles. The SMILES string of the molecule is CC(O)(c1cccc(Br)c1)c1ccc2cccnc2c1. The van der Waals surface area contributed by atoms with Gasteiger partial charge in [-0.05, 0) is 42.3 Å². The average Bonchev–Trinajstić information content (AvgIpc) is 2.46. The summed E-state index contributed by atoms with van der Waals surface area (Å²) in [6.45, 7) is 1.80. The summed E-state index contributed by atoms with van der Waals surface area (Å²) < 4.78 is 0.953. The molecule has 20 heavy (non-hydrogen) atoms. The minimum Gasteiger partial charge on any atom is -0.381 e. The van der Waals surface area contributed by atoms with Crippen molar-refractivity contribution in [2.45, 2.75) is 12.5 Å². The highest BCUT2D eigenvalue weighted by atomic mass is 79.9. The van der Waals surface area contributed by atoms with Crippen molar-refractivity contribution in [1.82, 2.24) is 4.98 Å². The highest BCUT2D eigenvalue weighted by Gasteiger charge is 2.26. The Morgan fingerprint density at radius 1 is 1.00 bits per heavy atom. The summed E-state index contributed by atoms with van der Waals surface area (Å²) >= 11 is 3.44. The molecule has 3 rings (SSSR count). The lowest BCUT2D eigenvalue weighted by molar-refractivity contribution is 0.102. The van der Waals surface area contributed by atoms with E-state index in [-0.39, 0.29) is 0 Å². The van der Waals surface area contributed by atoms with Crippen molar-refractivity contribution < 1.29 is 5.11 Å². The number of nitrogens with zero attached hydrogens (tertiary/aromatic N) is 1. The Bertz CT molecular complexity index is 768. The number of aliphatic hydroxyl groups is 1. The zero-order chi connectivity index (χ0) is 14.2. The van der Waals surface area contributed by atoms with Gasteiger partial charge in [0, 0.05) is 16.1 Å². The topological polar surface area (TPSA) is 33.1 Å². The van der Waals surface area contributed by atoms with Gasteiger partial charge in [0.05, 0.1) is 5.52 Å². The number of benzene rings is 2. The standard InChI is InChI=1S/C17H14BrNO/c1-17(20,13-5-2-6-15(18)10-13)14-8-7-12-4-3-9-19-16(12)11-14/h2-11,20H,1H3. The first kappa shape index (κ1) is 13.3. The molecule has 3 heteroatoms. The maximum absolute atomic E-state index is 10.9. The van der Waals surface area contributed by atoms with Crippen molar-refractivity contribution in [2.75, 3.05) is 0 Å². The van der Waals surface area contributed by atoms with Crippen LogP contribution in [0.2, 0.25) is 0 Å². The van der Waals surface area contributed by atoms with Crippen LogP contribution < -0.4 is 0 Å². The van der Waals surface area contributed by atoms with Gasteiger partial charge in [0.1, 0.15) is 5.60 Å². The van der Waals surface area contributed by atoms with Crippen LogP contribution >= 0.6 is 15.9 Å². The fourth-order valence-electron chi connectivity index (χ4n) is 2.33. The maximum atomic E-state index is 10.9. The van der Waals surface area contributed by atoms with Gasteiger partial charge < -0.3 is 5.11 Å². The molecule has 1 N–H and O–H groups in total. The summed E-state index contributed by atoms with van der Waals surface area (Å²) in [5, 5.41) is 12.0. The Hall–Kier alpha value is -1.71. The van der Waals surface area contributed by atoms with Crippen molar-refractivity contribution >= 4 is 26.8 Å². The molecule has 0 amide bonds. The molecule has 100 valence electrons. The van der Waals surface area contributed by atoms with Crippen LogP contribution in [0.15, 0.2) is 65.3 Å². The summed E-state index contributed by atoms with van der Waals surface area (Å²) in [5.41, 5.74) is 1.53. The molecule has 0 aliphatic rings. The van der Waals surface area contributed by atoms with Crippen LogP contribution in [0.5, 0.6) is 0 Å². The zero-order valence-electron chi connectivity index (χ0n) is 11.0. The van der Waals surface area contributed by atoms with Gasteiger partial charge in [-0.15, -0.1) is 0 Å². The van der Waals surface area contributed by atoms with Crippen molar-refractivity contribution in [3.8, 4) is 0 Å². The maximum Gasteiger partial charge on any atom is 0.112 e. The van der Waals surface area contributed by atoms with Crippen molar-refractivity contribution in [2.24, 2.45) is 0 Å². The lowest BCUT2D eigenvalue weighted by Crippen LogP contribution is -2.22. The van der Waals surface area contributed by atoms with Crippen LogP contribution in [0.25, 0.3) is 10.9 Å². The van der Waals surface area contributed by atoms with Crippen molar-refractivity contribution in [1.29, 1.82) is 0 Å². The summed E-state index contributed by atoms with van der Waals surface area (Å²) in [5.74, 6) is 0. The number of pyridine rings is 1. The Morgan fingerprint density at radius 2 is 1.80 bits per heavy atom. The summed E-state index contributed by atoms with van der Waals surface area (Å²) in [6, 6.07) is 17.5. The molecule has 0 fully saturated rings. The molecule has 1 atom stereocenters. The van der Waals surface area contributed by atoms with Crippen LogP contribution in [-0.2, 0) is 5.60 Å². The van der Waals surface area contributed by atoms with E-state index in [1.165, 1.54) is 0 Å². The van der Waals surface area contributed by atoms with Crippen LogP contribution in [0.3, 0.4) is 0 Å². The second-order valence-electron chi connectivity index (χ2n) is 4.99. The number of aromatic nitrogens is 1. The molecular weight excluding hydrogens is 314 g/mol. The minimum atomic E-state index is -1.05. The predicted octanol–water partition coefficient (Wildman–Crippen LogP) is 4.25. The molecule has 1 unspecified atom stereocenters. The normalized spacial score (nSPS) is 14.2. The van der Waals surface area contributed by atoms with E-state index in [1.807, 2.05) is 54.6 Å². The molecule has 3 aromatic rings. The second-order valence-corrected chi connectivity index (χ2v) is 5.91. The third-order valence-corrected chi connectivity index (χ3v) is 4.05. The first-order valence-corrected chi connectivity index (χ1v) is 7.20. The van der Waals surface area contributed by atoms with Crippen LogP contribution in [0.4, 0.5) is 0 Å². The van der Waals surface area contributed by atoms with E-state index in [4.69, 9.17) is 0 Å². The molecule has 2 nitrogen and oxygen atoms in total. The first-order valence-electron chi connectivity index (χ1n) is 6.41. The van der Waals surface area contributed by atoms with E-state index < -0.39 is 5.60 Å². The van der Waals surface area contributed by atoms with Gasteiger partial charge in [0.25, 0.3) is 0 Å². The van der Waals surface area contributed by atoms with Gasteiger partial charge in [-0.3, -0.25) is 4.98 Å². The number of fused-ring (bicyclic) bond motifs is 1. The molecule has 0 aliphatic carbocycles. The predicted molar refractivity (Wildman–Crippen MR) is 84.6 cm³/mol. The molecule has 0 saturated heterocycles. The third kappa shape index (κ3) is 2.35. The van der Waals surface area contributed by atoms with E-state index in [2.05, 4.69) is 20.9 Å². The summed E-state index contributed by atoms with van der Waals surface area (Å²) in [7, 11) is 0. The molecule has 0 radical (unpaired) electrons. The number of hydrogen-bond donors (Lipinski definition) is 1. The number of rotatable bonds is 2. The molecule has 0 spiro atoms. The first-order chi connectivity index (χ1) is 9.57. The van der Waals surface area contributed by atoms with E-state index >= 15 is 0 Å². The van der Waals surface area contributed by atoms with Gasteiger partial charge in [-0.1, -0.05) is 46.3 Å². The quantitative estimate of drug-likeness (QED) is 0.763. The fraction of sp³-hybridized carbons (Fsp3) is 0.118. The zero-order valence-corrected chi connectivity index (χ0v) is 12.6. The smallest absolute Gasteiger partial charge is 0.112 e. The lowest BCUT2D eigenvalue weighted by Gasteiger charge is -2.25. The second kappa shape index (κ2) is 5.00. The van der Waals surface area contributed by atoms with Crippen molar-refractivity contribution in [3.05, 3.63) is 76.4 Å². The number of halogens is 1. The van der Waals surface area contributed by atoms with Crippen LogP contribution in [-0.4, -0.2) is 10.1 Å². The molecular formula is C17H14BrNO. The van der Waals surface area contributed by atoms with E-state index in [0.717, 1.165) is 26.5 Å². The average molecular weight is 328 g/mol. The van der Waals surface area contributed by atoms with E-state index in [0.29, 0.717) is 0 Å². The molecule has 0 aliphatic heterocycles. The highest BCUT2D eigenvalue weighted by molar-refractivity contribution is 9.10. The Kier molecular flexibility index (Phi) is 3.32. The Morgan fingerprint density at radius 3 is 2.60 bits per heavy atom. The Balaban J connectivity index is 2.13. The van der Waals surface area contributed by atoms with E-state index in [9.17, 15) is 5.11 Å². The lowest BCUT2D eigenvalue weighted by atomic mass is 9.88. The monoisotopic (exact) mass is 327 g/mol. The Labute approximate surface area is 126 Å². The highest BCUT2D eigenvalue weighted by Crippen LogP contribution is 2.31. The minimum absolute atomic E-state index is 0.835. The van der Waals surface area contributed by atoms with Crippen LogP contribution in [0.1, 0.15) is 18.1 Å².